The van der Waals surface area contributed by atoms with Crippen LogP contribution >= 0.6 is 11.3 Å². The molecule has 2 aromatic rings. The Hall–Kier alpha value is -1.13. The Bertz CT molecular complexity index is 444. The van der Waals surface area contributed by atoms with Crippen LogP contribution in [-0.4, -0.2) is 24.6 Å². The number of nitrogens with zero attached hydrogens (tertiary/aromatic N) is 1. The maximum atomic E-state index is 10.8. The quantitative estimate of drug-likeness (QED) is 0.722. The van der Waals surface area contributed by atoms with Crippen LogP contribution in [0.15, 0.2) is 17.5 Å². The lowest BCUT2D eigenvalue weighted by Gasteiger charge is -2.04. The number of rotatable bonds is 4. The number of hydrogen-bond acceptors (Lipinski definition) is 3. The van der Waals surface area contributed by atoms with Gasteiger partial charge in [0.05, 0.1) is 12.3 Å². The Labute approximate surface area is 85.9 Å². The first-order valence-corrected chi connectivity index (χ1v) is 5.25. The number of carbonyl (C=O) groups excluding carboxylic acids is 1. The minimum Gasteiger partial charge on any atom is -0.383 e. The zero-order valence-corrected chi connectivity index (χ0v) is 8.71. The van der Waals surface area contributed by atoms with Gasteiger partial charge >= 0.3 is 0 Å². The molecular weight excluding hydrogens is 198 g/mol. The Morgan fingerprint density at radius 3 is 3.21 bits per heavy atom. The van der Waals surface area contributed by atoms with E-state index in [1.807, 2.05) is 22.1 Å². The first-order valence-electron chi connectivity index (χ1n) is 4.37. The monoisotopic (exact) mass is 209 g/mol. The van der Waals surface area contributed by atoms with Crippen LogP contribution in [0.4, 0.5) is 0 Å². The number of ether oxygens (including phenoxy) is 1. The minimum atomic E-state index is 0.628. The van der Waals surface area contributed by atoms with Crippen molar-refractivity contribution in [1.82, 2.24) is 4.57 Å². The normalized spacial score (nSPS) is 10.9. The molecule has 74 valence electrons. The predicted molar refractivity (Wildman–Crippen MR) is 57.1 cm³/mol. The fourth-order valence-corrected chi connectivity index (χ4v) is 2.44. The maximum absolute atomic E-state index is 10.8. The van der Waals surface area contributed by atoms with Crippen molar-refractivity contribution in [3.8, 4) is 0 Å². The van der Waals surface area contributed by atoms with E-state index in [0.29, 0.717) is 6.61 Å². The average Bonchev–Trinajstić information content (AvgIpc) is 2.74. The van der Waals surface area contributed by atoms with Gasteiger partial charge in [0.1, 0.15) is 4.83 Å². The third-order valence-electron chi connectivity index (χ3n) is 2.17. The molecule has 3 nitrogen and oxygen atoms in total. The molecule has 0 unspecified atom stereocenters. The lowest BCUT2D eigenvalue weighted by molar-refractivity contribution is 0.111. The summed E-state index contributed by atoms with van der Waals surface area (Å²) in [7, 11) is 1.66. The standard InChI is InChI=1S/C10H11NO2S/c1-13-4-3-11-9(7-12)6-8-2-5-14-10(8)11/h2,5-7H,3-4H2,1H3. The molecule has 0 fully saturated rings. The zero-order chi connectivity index (χ0) is 9.97. The molecule has 0 radical (unpaired) electrons. The lowest BCUT2D eigenvalue weighted by atomic mass is 10.4. The van der Waals surface area contributed by atoms with Crippen molar-refractivity contribution in [2.24, 2.45) is 0 Å². The number of hydrogen-bond donors (Lipinski definition) is 0. The molecule has 0 bridgehead atoms. The van der Waals surface area contributed by atoms with Crippen LogP contribution in [-0.2, 0) is 11.3 Å². The van der Waals surface area contributed by atoms with E-state index in [2.05, 4.69) is 0 Å². The van der Waals surface area contributed by atoms with Crippen LogP contribution in [0, 0.1) is 0 Å². The van der Waals surface area contributed by atoms with E-state index in [4.69, 9.17) is 4.74 Å². The van der Waals surface area contributed by atoms with Gasteiger partial charge in [-0.15, -0.1) is 11.3 Å². The van der Waals surface area contributed by atoms with Gasteiger partial charge in [0.2, 0.25) is 0 Å². The van der Waals surface area contributed by atoms with Crippen LogP contribution in [0.25, 0.3) is 10.2 Å². The van der Waals surface area contributed by atoms with Gasteiger partial charge in [0.25, 0.3) is 0 Å². The van der Waals surface area contributed by atoms with Gasteiger partial charge in [-0.1, -0.05) is 0 Å². The van der Waals surface area contributed by atoms with Crippen LogP contribution in [0.3, 0.4) is 0 Å². The molecule has 0 aliphatic rings. The van der Waals surface area contributed by atoms with E-state index in [0.717, 1.165) is 28.7 Å². The summed E-state index contributed by atoms with van der Waals surface area (Å²) in [4.78, 5) is 11.9. The Kier molecular flexibility index (Phi) is 2.65. The summed E-state index contributed by atoms with van der Waals surface area (Å²) in [5.74, 6) is 0. The van der Waals surface area contributed by atoms with Crippen molar-refractivity contribution in [1.29, 1.82) is 0 Å². The number of carbonyl (C=O) groups is 1. The van der Waals surface area contributed by atoms with Crippen LogP contribution in [0.2, 0.25) is 0 Å². The molecule has 0 atom stereocenters. The second-order valence-corrected chi connectivity index (χ2v) is 3.91. The summed E-state index contributed by atoms with van der Waals surface area (Å²) in [5, 5.41) is 3.16. The third-order valence-corrected chi connectivity index (χ3v) is 3.13. The van der Waals surface area contributed by atoms with Gasteiger partial charge < -0.3 is 9.30 Å². The summed E-state index contributed by atoms with van der Waals surface area (Å²) >= 11 is 1.65. The highest BCUT2D eigenvalue weighted by Crippen LogP contribution is 2.24. The highest BCUT2D eigenvalue weighted by molar-refractivity contribution is 7.16. The SMILES string of the molecule is COCCn1c(C=O)cc2ccsc21. The summed E-state index contributed by atoms with van der Waals surface area (Å²) in [6, 6.07) is 3.94. The molecular formula is C10H11NO2S. The number of thiophene rings is 1. The largest absolute Gasteiger partial charge is 0.383 e. The minimum absolute atomic E-state index is 0.628. The van der Waals surface area contributed by atoms with Gasteiger partial charge in [0.15, 0.2) is 6.29 Å². The van der Waals surface area contributed by atoms with Gasteiger partial charge in [-0.25, -0.2) is 0 Å². The predicted octanol–water partition coefficient (Wildman–Crippen LogP) is 2.16. The van der Waals surface area contributed by atoms with Crippen molar-refractivity contribution in [3.05, 3.63) is 23.2 Å². The average molecular weight is 209 g/mol. The molecule has 4 heteroatoms. The summed E-state index contributed by atoms with van der Waals surface area (Å²) in [5.41, 5.74) is 0.726. The van der Waals surface area contributed by atoms with Crippen LogP contribution < -0.4 is 0 Å². The van der Waals surface area contributed by atoms with Gasteiger partial charge in [-0.2, -0.15) is 0 Å². The van der Waals surface area contributed by atoms with E-state index in [1.165, 1.54) is 0 Å². The highest BCUT2D eigenvalue weighted by Gasteiger charge is 2.08. The van der Waals surface area contributed by atoms with Crippen molar-refractivity contribution in [3.63, 3.8) is 0 Å². The lowest BCUT2D eigenvalue weighted by Crippen LogP contribution is -2.06. The van der Waals surface area contributed by atoms with E-state index < -0.39 is 0 Å². The summed E-state index contributed by atoms with van der Waals surface area (Å²) in [6.45, 7) is 1.36. The Morgan fingerprint density at radius 2 is 2.50 bits per heavy atom. The van der Waals surface area contributed by atoms with Crippen molar-refractivity contribution in [2.75, 3.05) is 13.7 Å². The van der Waals surface area contributed by atoms with E-state index in [-0.39, 0.29) is 0 Å². The molecule has 2 heterocycles. The van der Waals surface area contributed by atoms with E-state index >= 15 is 0 Å². The molecule has 0 aromatic carbocycles. The molecule has 0 spiro atoms. The van der Waals surface area contributed by atoms with Crippen molar-refractivity contribution >= 4 is 27.8 Å². The zero-order valence-electron chi connectivity index (χ0n) is 7.90. The third kappa shape index (κ3) is 1.47. The van der Waals surface area contributed by atoms with Gasteiger partial charge in [-0.05, 0) is 17.5 Å². The number of methoxy groups -OCH3 is 1. The molecule has 0 N–H and O–H groups in total. The topological polar surface area (TPSA) is 31.2 Å². The smallest absolute Gasteiger partial charge is 0.166 e. The second-order valence-electron chi connectivity index (χ2n) is 3.01. The maximum Gasteiger partial charge on any atom is 0.166 e. The van der Waals surface area contributed by atoms with Crippen LogP contribution in [0.5, 0.6) is 0 Å². The highest BCUT2D eigenvalue weighted by atomic mass is 32.1. The van der Waals surface area contributed by atoms with E-state index in [9.17, 15) is 4.79 Å². The molecule has 0 aliphatic heterocycles. The first-order chi connectivity index (χ1) is 6.86. The van der Waals surface area contributed by atoms with Crippen molar-refractivity contribution in [2.45, 2.75) is 6.54 Å². The second kappa shape index (κ2) is 3.94. The van der Waals surface area contributed by atoms with Gasteiger partial charge in [0, 0.05) is 19.0 Å². The Morgan fingerprint density at radius 1 is 1.64 bits per heavy atom. The first kappa shape index (κ1) is 9.43. The van der Waals surface area contributed by atoms with E-state index in [1.54, 1.807) is 18.4 Å². The van der Waals surface area contributed by atoms with Gasteiger partial charge in [-0.3, -0.25) is 4.79 Å². The number of aromatic nitrogens is 1. The summed E-state index contributed by atoms with van der Waals surface area (Å²) < 4.78 is 7.00. The molecule has 2 rings (SSSR count). The summed E-state index contributed by atoms with van der Waals surface area (Å²) in [6.07, 6.45) is 0.891. The fraction of sp³-hybridized carbons (Fsp3) is 0.300. The molecule has 2 aromatic heterocycles. The molecule has 0 aliphatic carbocycles. The molecule has 0 saturated carbocycles. The molecule has 14 heavy (non-hydrogen) atoms. The molecule has 0 saturated heterocycles. The molecule has 0 amide bonds. The fourth-order valence-electron chi connectivity index (χ4n) is 1.51. The van der Waals surface area contributed by atoms with Crippen LogP contribution in [0.1, 0.15) is 10.5 Å². The Balaban J connectivity index is 2.45. The van der Waals surface area contributed by atoms with Crippen molar-refractivity contribution < 1.29 is 9.53 Å². The number of fused-ring (bicyclic) bond motifs is 1. The number of aldehydes is 1.